The molecule has 0 amide bonds. The summed E-state index contributed by atoms with van der Waals surface area (Å²) < 4.78 is 0. The highest BCUT2D eigenvalue weighted by Crippen LogP contribution is 2.18. The molecular formula is C15H34N2. The van der Waals surface area contributed by atoms with Crippen molar-refractivity contribution in [2.75, 3.05) is 26.2 Å². The molecule has 0 spiro atoms. The minimum atomic E-state index is 0.215. The Bertz CT molecular complexity index is 201. The van der Waals surface area contributed by atoms with Crippen LogP contribution < -0.4 is 5.32 Å². The molecule has 1 N–H and O–H groups in total. The van der Waals surface area contributed by atoms with E-state index in [0.717, 1.165) is 19.0 Å². The van der Waals surface area contributed by atoms with Gasteiger partial charge < -0.3 is 10.2 Å². The van der Waals surface area contributed by atoms with Crippen LogP contribution in [0.15, 0.2) is 0 Å². The van der Waals surface area contributed by atoms with Crippen molar-refractivity contribution in [3.63, 3.8) is 0 Å². The summed E-state index contributed by atoms with van der Waals surface area (Å²) in [6.45, 7) is 22.9. The van der Waals surface area contributed by atoms with Gasteiger partial charge in [-0.2, -0.15) is 0 Å². The molecule has 0 aliphatic rings. The van der Waals surface area contributed by atoms with Gasteiger partial charge in [0.05, 0.1) is 0 Å². The minimum Gasteiger partial charge on any atom is -0.311 e. The molecule has 0 atom stereocenters. The van der Waals surface area contributed by atoms with Crippen molar-refractivity contribution < 1.29 is 0 Å². The topological polar surface area (TPSA) is 15.3 Å². The van der Waals surface area contributed by atoms with Crippen LogP contribution in [0.3, 0.4) is 0 Å². The molecule has 0 heterocycles. The van der Waals surface area contributed by atoms with Crippen molar-refractivity contribution in [3.8, 4) is 0 Å². The van der Waals surface area contributed by atoms with Gasteiger partial charge in [0.15, 0.2) is 0 Å². The molecule has 2 heteroatoms. The third kappa shape index (κ3) is 9.61. The highest BCUT2D eigenvalue weighted by Gasteiger charge is 2.23. The highest BCUT2D eigenvalue weighted by atomic mass is 15.1. The van der Waals surface area contributed by atoms with Crippen molar-refractivity contribution in [2.24, 2.45) is 11.3 Å². The van der Waals surface area contributed by atoms with Gasteiger partial charge in [0.1, 0.15) is 0 Å². The first-order valence-corrected chi connectivity index (χ1v) is 7.03. The number of nitrogens with zero attached hydrogens (tertiary/aromatic N) is 1. The average Bonchev–Trinajstić information content (AvgIpc) is 2.12. The zero-order valence-corrected chi connectivity index (χ0v) is 13.4. The van der Waals surface area contributed by atoms with E-state index in [1.165, 1.54) is 13.1 Å². The molecule has 0 rings (SSSR count). The third-order valence-electron chi connectivity index (χ3n) is 2.82. The molecular weight excluding hydrogens is 208 g/mol. The summed E-state index contributed by atoms with van der Waals surface area (Å²) in [6.07, 6.45) is 0. The lowest BCUT2D eigenvalue weighted by Crippen LogP contribution is -2.46. The zero-order chi connectivity index (χ0) is 13.7. The second-order valence-corrected chi connectivity index (χ2v) is 7.49. The summed E-state index contributed by atoms with van der Waals surface area (Å²) >= 11 is 0. The Labute approximate surface area is 109 Å². The molecule has 0 aromatic heterocycles. The molecule has 104 valence electrons. The SMILES string of the molecule is CCN(CC(C)C)CC(C)(C)CNC(C)(C)C. The van der Waals surface area contributed by atoms with Crippen LogP contribution in [0.25, 0.3) is 0 Å². The van der Waals surface area contributed by atoms with Crippen LogP contribution in [0.5, 0.6) is 0 Å². The summed E-state index contributed by atoms with van der Waals surface area (Å²) in [5, 5.41) is 3.62. The Hall–Kier alpha value is -0.0800. The van der Waals surface area contributed by atoms with Crippen LogP contribution in [0.2, 0.25) is 0 Å². The maximum atomic E-state index is 3.62. The summed E-state index contributed by atoms with van der Waals surface area (Å²) in [5.41, 5.74) is 0.546. The predicted octanol–water partition coefficient (Wildman–Crippen LogP) is 3.38. The molecule has 0 bridgehead atoms. The molecule has 0 fully saturated rings. The summed E-state index contributed by atoms with van der Waals surface area (Å²) in [4.78, 5) is 2.56. The summed E-state index contributed by atoms with van der Waals surface area (Å²) in [6, 6.07) is 0. The van der Waals surface area contributed by atoms with Gasteiger partial charge in [-0.25, -0.2) is 0 Å². The highest BCUT2D eigenvalue weighted by molar-refractivity contribution is 4.80. The lowest BCUT2D eigenvalue weighted by molar-refractivity contribution is 0.158. The summed E-state index contributed by atoms with van der Waals surface area (Å²) in [7, 11) is 0. The molecule has 0 saturated heterocycles. The van der Waals surface area contributed by atoms with Crippen LogP contribution in [-0.4, -0.2) is 36.6 Å². The fourth-order valence-corrected chi connectivity index (χ4v) is 1.99. The monoisotopic (exact) mass is 242 g/mol. The first-order valence-electron chi connectivity index (χ1n) is 7.03. The maximum absolute atomic E-state index is 3.62. The molecule has 0 saturated carbocycles. The van der Waals surface area contributed by atoms with E-state index in [0.29, 0.717) is 5.41 Å². The van der Waals surface area contributed by atoms with Crippen LogP contribution >= 0.6 is 0 Å². The number of hydrogen-bond donors (Lipinski definition) is 1. The molecule has 0 aliphatic carbocycles. The fourth-order valence-electron chi connectivity index (χ4n) is 1.99. The van der Waals surface area contributed by atoms with Gasteiger partial charge in [0.25, 0.3) is 0 Å². The van der Waals surface area contributed by atoms with E-state index in [9.17, 15) is 0 Å². The van der Waals surface area contributed by atoms with Crippen molar-refractivity contribution in [1.29, 1.82) is 0 Å². The fraction of sp³-hybridized carbons (Fsp3) is 1.00. The normalized spacial score (nSPS) is 13.8. The second-order valence-electron chi connectivity index (χ2n) is 7.49. The van der Waals surface area contributed by atoms with Crippen LogP contribution in [-0.2, 0) is 0 Å². The zero-order valence-electron chi connectivity index (χ0n) is 13.4. The van der Waals surface area contributed by atoms with Crippen LogP contribution in [0.4, 0.5) is 0 Å². The lowest BCUT2D eigenvalue weighted by atomic mass is 9.91. The van der Waals surface area contributed by atoms with Gasteiger partial charge in [0.2, 0.25) is 0 Å². The number of hydrogen-bond acceptors (Lipinski definition) is 2. The van der Waals surface area contributed by atoms with E-state index in [2.05, 4.69) is 65.6 Å². The van der Waals surface area contributed by atoms with Crippen molar-refractivity contribution in [2.45, 2.75) is 60.9 Å². The van der Waals surface area contributed by atoms with Gasteiger partial charge in [0, 0.05) is 25.2 Å². The largest absolute Gasteiger partial charge is 0.311 e. The Kier molecular flexibility index (Phi) is 6.71. The van der Waals surface area contributed by atoms with Crippen LogP contribution in [0, 0.1) is 11.3 Å². The lowest BCUT2D eigenvalue weighted by Gasteiger charge is -2.35. The van der Waals surface area contributed by atoms with E-state index >= 15 is 0 Å². The first kappa shape index (κ1) is 16.9. The van der Waals surface area contributed by atoms with E-state index in [1.807, 2.05) is 0 Å². The van der Waals surface area contributed by atoms with Gasteiger partial charge in [-0.3, -0.25) is 0 Å². The van der Waals surface area contributed by atoms with Gasteiger partial charge in [-0.1, -0.05) is 34.6 Å². The second kappa shape index (κ2) is 6.75. The van der Waals surface area contributed by atoms with Crippen molar-refractivity contribution >= 4 is 0 Å². The van der Waals surface area contributed by atoms with E-state index in [-0.39, 0.29) is 5.54 Å². The van der Waals surface area contributed by atoms with Gasteiger partial charge in [-0.05, 0) is 38.6 Å². The predicted molar refractivity (Wildman–Crippen MR) is 78.5 cm³/mol. The first-order chi connectivity index (χ1) is 7.56. The van der Waals surface area contributed by atoms with E-state index in [4.69, 9.17) is 0 Å². The Morgan fingerprint density at radius 2 is 1.59 bits per heavy atom. The Morgan fingerprint density at radius 1 is 1.06 bits per heavy atom. The van der Waals surface area contributed by atoms with Crippen molar-refractivity contribution in [3.05, 3.63) is 0 Å². The average molecular weight is 242 g/mol. The third-order valence-corrected chi connectivity index (χ3v) is 2.82. The minimum absolute atomic E-state index is 0.215. The van der Waals surface area contributed by atoms with E-state index in [1.54, 1.807) is 0 Å². The molecule has 0 aliphatic heterocycles. The summed E-state index contributed by atoms with van der Waals surface area (Å²) in [5.74, 6) is 0.751. The molecule has 0 radical (unpaired) electrons. The van der Waals surface area contributed by atoms with E-state index < -0.39 is 0 Å². The van der Waals surface area contributed by atoms with Crippen molar-refractivity contribution in [1.82, 2.24) is 10.2 Å². The van der Waals surface area contributed by atoms with Gasteiger partial charge in [-0.15, -0.1) is 0 Å². The van der Waals surface area contributed by atoms with Crippen LogP contribution in [0.1, 0.15) is 55.4 Å². The molecule has 2 nitrogen and oxygen atoms in total. The molecule has 17 heavy (non-hydrogen) atoms. The standard InChI is InChI=1S/C15H34N2/c1-9-17(10-13(2)3)12-15(7,8)11-16-14(4,5)6/h13,16H,9-12H2,1-8H3. The number of rotatable bonds is 7. The molecule has 0 aromatic rings. The molecule has 0 aromatic carbocycles. The number of nitrogens with one attached hydrogen (secondary N) is 1. The Morgan fingerprint density at radius 3 is 1.94 bits per heavy atom. The molecule has 0 unspecified atom stereocenters. The smallest absolute Gasteiger partial charge is 0.00967 e. The Balaban J connectivity index is 4.21. The van der Waals surface area contributed by atoms with Gasteiger partial charge >= 0.3 is 0 Å². The quantitative estimate of drug-likeness (QED) is 0.736. The maximum Gasteiger partial charge on any atom is 0.00967 e.